The maximum atomic E-state index is 12.5. The van der Waals surface area contributed by atoms with E-state index in [4.69, 9.17) is 0 Å². The van der Waals surface area contributed by atoms with Gasteiger partial charge in [-0.05, 0) is 39.3 Å². The highest BCUT2D eigenvalue weighted by Crippen LogP contribution is 2.21. The van der Waals surface area contributed by atoms with Gasteiger partial charge in [0.05, 0.1) is 5.56 Å². The summed E-state index contributed by atoms with van der Waals surface area (Å²) in [6.45, 7) is 8.84. The van der Waals surface area contributed by atoms with Crippen LogP contribution in [0.4, 0.5) is 0 Å². The van der Waals surface area contributed by atoms with Crippen LogP contribution in [0.25, 0.3) is 0 Å². The van der Waals surface area contributed by atoms with Gasteiger partial charge in [-0.3, -0.25) is 4.79 Å². The van der Waals surface area contributed by atoms with Gasteiger partial charge in [0, 0.05) is 12.6 Å². The van der Waals surface area contributed by atoms with Crippen LogP contribution in [-0.4, -0.2) is 28.5 Å². The van der Waals surface area contributed by atoms with Crippen molar-refractivity contribution in [1.29, 1.82) is 0 Å². The van der Waals surface area contributed by atoms with Gasteiger partial charge < -0.3 is 10.0 Å². The van der Waals surface area contributed by atoms with E-state index in [2.05, 4.69) is 6.92 Å². The molecule has 0 spiro atoms. The lowest BCUT2D eigenvalue weighted by Crippen LogP contribution is -2.37. The van der Waals surface area contributed by atoms with Crippen LogP contribution in [0.15, 0.2) is 18.2 Å². The molecule has 1 rings (SSSR count). The van der Waals surface area contributed by atoms with Gasteiger partial charge in [0.25, 0.3) is 5.91 Å². The van der Waals surface area contributed by atoms with Crippen LogP contribution >= 0.6 is 0 Å². The maximum absolute atomic E-state index is 12.5. The first-order chi connectivity index (χ1) is 8.97. The van der Waals surface area contributed by atoms with Gasteiger partial charge in [-0.1, -0.05) is 31.4 Å². The Balaban J connectivity index is 2.89. The molecule has 1 aromatic rings. The fourth-order valence-electron chi connectivity index (χ4n) is 2.10. The summed E-state index contributed by atoms with van der Waals surface area (Å²) in [4.78, 5) is 14.4. The molecule has 0 aliphatic carbocycles. The minimum absolute atomic E-state index is 0.0664. The average Bonchev–Trinajstić information content (AvgIpc) is 2.36. The molecule has 19 heavy (non-hydrogen) atoms. The zero-order valence-electron chi connectivity index (χ0n) is 12.4. The first-order valence-electron chi connectivity index (χ1n) is 7.08. The number of hydrogen-bond donors (Lipinski definition) is 1. The molecule has 106 valence electrons. The molecule has 0 atom stereocenters. The van der Waals surface area contributed by atoms with E-state index >= 15 is 0 Å². The zero-order chi connectivity index (χ0) is 14.4. The summed E-state index contributed by atoms with van der Waals surface area (Å²) < 4.78 is 0. The van der Waals surface area contributed by atoms with Gasteiger partial charge in [0.2, 0.25) is 0 Å². The second-order valence-electron chi connectivity index (χ2n) is 5.32. The van der Waals surface area contributed by atoms with E-state index in [-0.39, 0.29) is 17.7 Å². The predicted octanol–water partition coefficient (Wildman–Crippen LogP) is 3.74. The Kier molecular flexibility index (Phi) is 5.87. The smallest absolute Gasteiger partial charge is 0.257 e. The van der Waals surface area contributed by atoms with Gasteiger partial charge in [0.1, 0.15) is 5.75 Å². The van der Waals surface area contributed by atoms with Crippen molar-refractivity contribution in [3.05, 3.63) is 29.3 Å². The summed E-state index contributed by atoms with van der Waals surface area (Å²) in [5.74, 6) is -0.0101. The molecule has 0 saturated heterocycles. The second kappa shape index (κ2) is 7.17. The van der Waals surface area contributed by atoms with Gasteiger partial charge in [-0.2, -0.15) is 0 Å². The van der Waals surface area contributed by atoms with Gasteiger partial charge in [0.15, 0.2) is 0 Å². The SMILES string of the molecule is CCCCCN(C(=O)c1cc(C)ccc1O)C(C)C. The lowest BCUT2D eigenvalue weighted by molar-refractivity contribution is 0.0699. The Morgan fingerprint density at radius 3 is 2.58 bits per heavy atom. The van der Waals surface area contributed by atoms with Crippen LogP contribution < -0.4 is 0 Å². The minimum atomic E-state index is -0.0766. The normalized spacial score (nSPS) is 10.8. The monoisotopic (exact) mass is 263 g/mol. The highest BCUT2D eigenvalue weighted by atomic mass is 16.3. The van der Waals surface area contributed by atoms with Crippen LogP contribution in [0.5, 0.6) is 5.75 Å². The van der Waals surface area contributed by atoms with E-state index in [1.807, 2.05) is 31.7 Å². The summed E-state index contributed by atoms with van der Waals surface area (Å²) >= 11 is 0. The lowest BCUT2D eigenvalue weighted by Gasteiger charge is -2.27. The second-order valence-corrected chi connectivity index (χ2v) is 5.32. The third-order valence-electron chi connectivity index (χ3n) is 3.27. The molecule has 1 amide bonds. The Labute approximate surface area is 116 Å². The third kappa shape index (κ3) is 4.27. The van der Waals surface area contributed by atoms with E-state index in [1.54, 1.807) is 12.1 Å². The predicted molar refractivity (Wildman–Crippen MR) is 78.5 cm³/mol. The summed E-state index contributed by atoms with van der Waals surface area (Å²) in [7, 11) is 0. The average molecular weight is 263 g/mol. The molecule has 0 aliphatic rings. The quantitative estimate of drug-likeness (QED) is 0.794. The van der Waals surface area contributed by atoms with Crippen molar-refractivity contribution in [2.75, 3.05) is 6.54 Å². The van der Waals surface area contributed by atoms with Crippen LogP contribution in [-0.2, 0) is 0 Å². The fraction of sp³-hybridized carbons (Fsp3) is 0.562. The summed E-state index contributed by atoms with van der Waals surface area (Å²) in [6, 6.07) is 5.30. The summed E-state index contributed by atoms with van der Waals surface area (Å²) in [5.41, 5.74) is 1.39. The third-order valence-corrected chi connectivity index (χ3v) is 3.27. The molecule has 0 fully saturated rings. The van der Waals surface area contributed by atoms with Crippen molar-refractivity contribution < 1.29 is 9.90 Å². The molecule has 0 unspecified atom stereocenters. The topological polar surface area (TPSA) is 40.5 Å². The number of benzene rings is 1. The van der Waals surface area contributed by atoms with Gasteiger partial charge in [-0.15, -0.1) is 0 Å². The van der Waals surface area contributed by atoms with Crippen molar-refractivity contribution >= 4 is 5.91 Å². The number of carbonyl (C=O) groups is 1. The summed E-state index contributed by atoms with van der Waals surface area (Å²) in [5, 5.41) is 9.86. The molecule has 1 aromatic carbocycles. The van der Waals surface area contributed by atoms with Crippen LogP contribution in [0, 0.1) is 6.92 Å². The molecule has 3 heteroatoms. The number of rotatable bonds is 6. The molecule has 0 aliphatic heterocycles. The number of unbranched alkanes of at least 4 members (excludes halogenated alkanes) is 2. The number of phenolic OH excluding ortho intramolecular Hbond substituents is 1. The number of phenols is 1. The molecular formula is C16H25NO2. The summed E-state index contributed by atoms with van der Waals surface area (Å²) in [6.07, 6.45) is 3.26. The number of amides is 1. The molecule has 0 aromatic heterocycles. The maximum Gasteiger partial charge on any atom is 0.257 e. The van der Waals surface area contributed by atoms with Crippen molar-refractivity contribution in [3.8, 4) is 5.75 Å². The van der Waals surface area contributed by atoms with Gasteiger partial charge in [-0.25, -0.2) is 0 Å². The van der Waals surface area contributed by atoms with Crippen LogP contribution in [0.2, 0.25) is 0 Å². The molecule has 1 N–H and O–H groups in total. The molecule has 0 saturated carbocycles. The number of hydrogen-bond acceptors (Lipinski definition) is 2. The van der Waals surface area contributed by atoms with E-state index in [0.717, 1.165) is 31.4 Å². The van der Waals surface area contributed by atoms with E-state index < -0.39 is 0 Å². The van der Waals surface area contributed by atoms with E-state index in [0.29, 0.717) is 5.56 Å². The largest absolute Gasteiger partial charge is 0.507 e. The number of aryl methyl sites for hydroxylation is 1. The van der Waals surface area contributed by atoms with Crippen LogP contribution in [0.3, 0.4) is 0 Å². The Hall–Kier alpha value is -1.51. The van der Waals surface area contributed by atoms with Gasteiger partial charge >= 0.3 is 0 Å². The zero-order valence-corrected chi connectivity index (χ0v) is 12.4. The van der Waals surface area contributed by atoms with Crippen molar-refractivity contribution in [1.82, 2.24) is 4.90 Å². The highest BCUT2D eigenvalue weighted by Gasteiger charge is 2.21. The molecule has 3 nitrogen and oxygen atoms in total. The first kappa shape index (κ1) is 15.5. The molecule has 0 radical (unpaired) electrons. The van der Waals surface area contributed by atoms with Crippen LogP contribution in [0.1, 0.15) is 56.0 Å². The van der Waals surface area contributed by atoms with Crippen molar-refractivity contribution in [3.63, 3.8) is 0 Å². The number of nitrogens with zero attached hydrogens (tertiary/aromatic N) is 1. The van der Waals surface area contributed by atoms with E-state index in [9.17, 15) is 9.90 Å². The highest BCUT2D eigenvalue weighted by molar-refractivity contribution is 5.97. The molecule has 0 bridgehead atoms. The fourth-order valence-corrected chi connectivity index (χ4v) is 2.10. The molecule has 0 heterocycles. The number of aromatic hydroxyl groups is 1. The lowest BCUT2D eigenvalue weighted by atomic mass is 10.1. The Morgan fingerprint density at radius 2 is 2.00 bits per heavy atom. The van der Waals surface area contributed by atoms with E-state index in [1.165, 1.54) is 0 Å². The minimum Gasteiger partial charge on any atom is -0.507 e. The van der Waals surface area contributed by atoms with Crippen molar-refractivity contribution in [2.45, 2.75) is 53.0 Å². The number of carbonyl (C=O) groups excluding carboxylic acids is 1. The Morgan fingerprint density at radius 1 is 1.32 bits per heavy atom. The standard InChI is InChI=1S/C16H25NO2/c1-5-6-7-10-17(12(2)3)16(19)14-11-13(4)8-9-15(14)18/h8-9,11-12,18H,5-7,10H2,1-4H3. The van der Waals surface area contributed by atoms with Crippen molar-refractivity contribution in [2.24, 2.45) is 0 Å². The first-order valence-corrected chi connectivity index (χ1v) is 7.08. The Bertz CT molecular complexity index is 427. The molecular weight excluding hydrogens is 238 g/mol.